The second-order valence-corrected chi connectivity index (χ2v) is 4.86. The largest absolute Gasteiger partial charge is 0.494 e. The zero-order chi connectivity index (χ0) is 14.7. The smallest absolute Gasteiger partial charge is 0.205 e. The van der Waals surface area contributed by atoms with Crippen molar-refractivity contribution >= 4 is 28.4 Å². The van der Waals surface area contributed by atoms with E-state index in [1.807, 2.05) is 42.5 Å². The lowest BCUT2D eigenvalue weighted by molar-refractivity contribution is 0.317. The number of ether oxygens (including phenoxy) is 1. The number of benzene rings is 2. The molecule has 1 heterocycles. The van der Waals surface area contributed by atoms with Crippen molar-refractivity contribution in [2.45, 2.75) is 13.3 Å². The summed E-state index contributed by atoms with van der Waals surface area (Å²) in [7, 11) is 0. The standard InChI is InChI=1S/C16H18N4O/c1-2-9-21-13-6-4-12(5-7-13)18-16-19-14-8-3-11(17)10-15(14)20-16/h3-8,10H,2,9,17H2,1H3,(H2,18,19,20). The number of hydrogen-bond donors (Lipinski definition) is 3. The fourth-order valence-corrected chi connectivity index (χ4v) is 2.08. The van der Waals surface area contributed by atoms with Crippen molar-refractivity contribution in [3.8, 4) is 5.75 Å². The average Bonchev–Trinajstić information content (AvgIpc) is 2.88. The average molecular weight is 282 g/mol. The van der Waals surface area contributed by atoms with Crippen LogP contribution in [0.15, 0.2) is 42.5 Å². The Kier molecular flexibility index (Phi) is 3.64. The van der Waals surface area contributed by atoms with E-state index >= 15 is 0 Å². The molecule has 3 aromatic rings. The topological polar surface area (TPSA) is 76.0 Å². The fourth-order valence-electron chi connectivity index (χ4n) is 2.08. The summed E-state index contributed by atoms with van der Waals surface area (Å²) in [5, 5.41) is 3.23. The first-order valence-electron chi connectivity index (χ1n) is 7.00. The van der Waals surface area contributed by atoms with Crippen LogP contribution in [-0.4, -0.2) is 16.6 Å². The molecule has 0 fully saturated rings. The third kappa shape index (κ3) is 3.08. The number of nitrogens with two attached hydrogens (primary N) is 1. The zero-order valence-corrected chi connectivity index (χ0v) is 11.9. The first-order chi connectivity index (χ1) is 10.2. The maximum Gasteiger partial charge on any atom is 0.205 e. The molecule has 0 aliphatic carbocycles. The molecule has 0 aliphatic rings. The highest BCUT2D eigenvalue weighted by molar-refractivity contribution is 5.81. The highest BCUT2D eigenvalue weighted by Gasteiger charge is 2.03. The van der Waals surface area contributed by atoms with E-state index in [0.717, 1.165) is 41.2 Å². The molecule has 108 valence electrons. The SMILES string of the molecule is CCCOc1ccc(Nc2nc3ccc(N)cc3[nH]2)cc1. The van der Waals surface area contributed by atoms with Crippen LogP contribution in [-0.2, 0) is 0 Å². The summed E-state index contributed by atoms with van der Waals surface area (Å²) in [4.78, 5) is 7.67. The van der Waals surface area contributed by atoms with Gasteiger partial charge in [-0.2, -0.15) is 0 Å². The molecule has 3 rings (SSSR count). The number of H-pyrrole nitrogens is 1. The molecule has 0 saturated carbocycles. The van der Waals surface area contributed by atoms with Gasteiger partial charge in [-0.15, -0.1) is 0 Å². The van der Waals surface area contributed by atoms with Crippen molar-refractivity contribution in [2.75, 3.05) is 17.7 Å². The van der Waals surface area contributed by atoms with Crippen molar-refractivity contribution in [1.29, 1.82) is 0 Å². The lowest BCUT2D eigenvalue weighted by Gasteiger charge is -2.06. The first-order valence-corrected chi connectivity index (χ1v) is 7.00. The molecule has 0 unspecified atom stereocenters. The Bertz CT molecular complexity index is 734. The van der Waals surface area contributed by atoms with Crippen LogP contribution < -0.4 is 15.8 Å². The van der Waals surface area contributed by atoms with Gasteiger partial charge in [-0.1, -0.05) is 6.92 Å². The summed E-state index contributed by atoms with van der Waals surface area (Å²) in [6, 6.07) is 13.4. The van der Waals surface area contributed by atoms with Gasteiger partial charge in [0.05, 0.1) is 17.6 Å². The van der Waals surface area contributed by atoms with Gasteiger partial charge in [-0.3, -0.25) is 0 Å². The highest BCUT2D eigenvalue weighted by atomic mass is 16.5. The van der Waals surface area contributed by atoms with Gasteiger partial charge in [0, 0.05) is 11.4 Å². The molecular weight excluding hydrogens is 264 g/mol. The minimum atomic E-state index is 0.692. The predicted octanol–water partition coefficient (Wildman–Crippen LogP) is 3.68. The number of aromatic nitrogens is 2. The molecule has 0 aliphatic heterocycles. The number of fused-ring (bicyclic) bond motifs is 1. The molecule has 21 heavy (non-hydrogen) atoms. The molecule has 0 saturated heterocycles. The lowest BCUT2D eigenvalue weighted by Crippen LogP contribution is -1.96. The first kappa shape index (κ1) is 13.3. The van der Waals surface area contributed by atoms with Crippen molar-refractivity contribution in [3.05, 3.63) is 42.5 Å². The summed E-state index contributed by atoms with van der Waals surface area (Å²) in [5.74, 6) is 1.57. The van der Waals surface area contributed by atoms with E-state index in [-0.39, 0.29) is 0 Å². The molecule has 0 bridgehead atoms. The number of nitrogens with zero attached hydrogens (tertiary/aromatic N) is 1. The van der Waals surface area contributed by atoms with E-state index in [1.54, 1.807) is 0 Å². The Morgan fingerprint density at radius 2 is 2.00 bits per heavy atom. The van der Waals surface area contributed by atoms with E-state index in [9.17, 15) is 0 Å². The van der Waals surface area contributed by atoms with Crippen molar-refractivity contribution < 1.29 is 4.74 Å². The van der Waals surface area contributed by atoms with Crippen LogP contribution in [0.1, 0.15) is 13.3 Å². The monoisotopic (exact) mass is 282 g/mol. The van der Waals surface area contributed by atoms with Crippen molar-refractivity contribution in [2.24, 2.45) is 0 Å². The summed E-state index contributed by atoms with van der Waals surface area (Å²) in [5.41, 5.74) is 9.23. The Morgan fingerprint density at radius 3 is 2.76 bits per heavy atom. The molecule has 5 heteroatoms. The van der Waals surface area contributed by atoms with Crippen molar-refractivity contribution in [1.82, 2.24) is 9.97 Å². The van der Waals surface area contributed by atoms with Crippen molar-refractivity contribution in [3.63, 3.8) is 0 Å². The number of rotatable bonds is 5. The van der Waals surface area contributed by atoms with Crippen LogP contribution in [0.3, 0.4) is 0 Å². The minimum Gasteiger partial charge on any atom is -0.494 e. The summed E-state index contributed by atoms with van der Waals surface area (Å²) < 4.78 is 5.56. The van der Waals surface area contributed by atoms with Gasteiger partial charge in [-0.25, -0.2) is 4.98 Å². The van der Waals surface area contributed by atoms with Gasteiger partial charge >= 0.3 is 0 Å². The number of imidazole rings is 1. The van der Waals surface area contributed by atoms with E-state index in [2.05, 4.69) is 22.2 Å². The molecule has 0 radical (unpaired) electrons. The number of hydrogen-bond acceptors (Lipinski definition) is 4. The second-order valence-electron chi connectivity index (χ2n) is 4.86. The molecule has 0 amide bonds. The maximum absolute atomic E-state index is 5.76. The van der Waals surface area contributed by atoms with Crippen LogP contribution >= 0.6 is 0 Å². The predicted molar refractivity (Wildman–Crippen MR) is 86.0 cm³/mol. The summed E-state index contributed by atoms with van der Waals surface area (Å²) in [6.45, 7) is 2.82. The van der Waals surface area contributed by atoms with Gasteiger partial charge in [0.25, 0.3) is 0 Å². The van der Waals surface area contributed by atoms with E-state index < -0.39 is 0 Å². The Morgan fingerprint density at radius 1 is 1.19 bits per heavy atom. The normalized spacial score (nSPS) is 10.7. The van der Waals surface area contributed by atoms with E-state index in [4.69, 9.17) is 10.5 Å². The molecule has 5 nitrogen and oxygen atoms in total. The molecule has 0 spiro atoms. The van der Waals surface area contributed by atoms with Gasteiger partial charge in [0.2, 0.25) is 5.95 Å². The lowest BCUT2D eigenvalue weighted by atomic mass is 10.3. The third-order valence-electron chi connectivity index (χ3n) is 3.10. The zero-order valence-electron chi connectivity index (χ0n) is 11.9. The van der Waals surface area contributed by atoms with E-state index in [0.29, 0.717) is 5.95 Å². The number of nitrogen functional groups attached to an aromatic ring is 1. The molecule has 0 atom stereocenters. The summed E-state index contributed by atoms with van der Waals surface area (Å²) >= 11 is 0. The quantitative estimate of drug-likeness (QED) is 0.624. The molecule has 1 aromatic heterocycles. The molecular formula is C16H18N4O. The maximum atomic E-state index is 5.76. The number of anilines is 3. The fraction of sp³-hybridized carbons (Fsp3) is 0.188. The van der Waals surface area contributed by atoms with Gasteiger partial charge < -0.3 is 20.8 Å². The third-order valence-corrected chi connectivity index (χ3v) is 3.10. The highest BCUT2D eigenvalue weighted by Crippen LogP contribution is 2.22. The van der Waals surface area contributed by atoms with Crippen LogP contribution in [0.5, 0.6) is 5.75 Å². The van der Waals surface area contributed by atoms with Crippen LogP contribution in [0.2, 0.25) is 0 Å². The second kappa shape index (κ2) is 5.75. The van der Waals surface area contributed by atoms with Crippen LogP contribution in [0.4, 0.5) is 17.3 Å². The Labute approximate surface area is 123 Å². The van der Waals surface area contributed by atoms with Crippen LogP contribution in [0, 0.1) is 0 Å². The Balaban J connectivity index is 1.75. The van der Waals surface area contributed by atoms with Gasteiger partial charge in [0.1, 0.15) is 5.75 Å². The summed E-state index contributed by atoms with van der Waals surface area (Å²) in [6.07, 6.45) is 1.00. The van der Waals surface area contributed by atoms with Crippen LogP contribution in [0.25, 0.3) is 11.0 Å². The van der Waals surface area contributed by atoms with Gasteiger partial charge in [-0.05, 0) is 48.9 Å². The molecule has 2 aromatic carbocycles. The number of aromatic amines is 1. The Hall–Kier alpha value is -2.69. The number of nitrogens with one attached hydrogen (secondary N) is 2. The minimum absolute atomic E-state index is 0.692. The molecule has 4 N–H and O–H groups in total. The van der Waals surface area contributed by atoms with E-state index in [1.165, 1.54) is 0 Å². The van der Waals surface area contributed by atoms with Gasteiger partial charge in [0.15, 0.2) is 0 Å².